The van der Waals surface area contributed by atoms with Crippen LogP contribution >= 0.6 is 0 Å². The van der Waals surface area contributed by atoms with Gasteiger partial charge in [0.05, 0.1) is 6.61 Å². The molecule has 1 aromatic rings. The molecule has 2 aliphatic rings. The Kier molecular flexibility index (Phi) is 3.74. The molecule has 0 bridgehead atoms. The number of hydrogen-bond acceptors (Lipinski definition) is 4. The van der Waals surface area contributed by atoms with E-state index in [0.29, 0.717) is 23.7 Å². The number of hydrogen-bond donors (Lipinski definition) is 1. The number of piperidine rings is 1. The Morgan fingerprint density at radius 2 is 2.20 bits per heavy atom. The third-order valence-corrected chi connectivity index (χ3v) is 4.33. The minimum absolute atomic E-state index is 0.107. The van der Waals surface area contributed by atoms with Crippen LogP contribution < -0.4 is 14.8 Å². The number of nitrogens with zero attached hydrogens (tertiary/aromatic N) is 1. The van der Waals surface area contributed by atoms with Crippen LogP contribution in [0, 0.1) is 11.3 Å². The molecule has 0 aromatic carbocycles. The van der Waals surface area contributed by atoms with Crippen molar-refractivity contribution in [1.82, 2.24) is 10.3 Å². The molecule has 1 aliphatic carbocycles. The van der Waals surface area contributed by atoms with Crippen molar-refractivity contribution in [3.63, 3.8) is 0 Å². The third-order valence-electron chi connectivity index (χ3n) is 4.33. The van der Waals surface area contributed by atoms with Crippen molar-refractivity contribution in [2.24, 2.45) is 11.3 Å². The predicted molar refractivity (Wildman–Crippen MR) is 69.0 cm³/mol. The van der Waals surface area contributed by atoms with Gasteiger partial charge in [-0.15, -0.1) is 0 Å². The van der Waals surface area contributed by atoms with E-state index in [-0.39, 0.29) is 5.88 Å². The number of nitrogens with one attached hydrogen (secondary N) is 1. The fraction of sp³-hybridized carbons (Fsp3) is 0.643. The lowest BCUT2D eigenvalue weighted by Crippen LogP contribution is -2.30. The maximum Gasteiger partial charge on any atom is 0.388 e. The van der Waals surface area contributed by atoms with E-state index >= 15 is 0 Å². The number of rotatable bonds is 5. The summed E-state index contributed by atoms with van der Waals surface area (Å²) in [6.07, 6.45) is 5.04. The summed E-state index contributed by atoms with van der Waals surface area (Å²) < 4.78 is 34.2. The summed E-state index contributed by atoms with van der Waals surface area (Å²) in [5.41, 5.74) is 0.459. The summed E-state index contributed by atoms with van der Waals surface area (Å²) in [7, 11) is 0. The van der Waals surface area contributed by atoms with Crippen molar-refractivity contribution in [3.05, 3.63) is 18.3 Å². The van der Waals surface area contributed by atoms with Crippen LogP contribution in [-0.4, -0.2) is 31.3 Å². The van der Waals surface area contributed by atoms with Crippen molar-refractivity contribution >= 4 is 0 Å². The van der Waals surface area contributed by atoms with Gasteiger partial charge in [0.1, 0.15) is 5.75 Å². The maximum atomic E-state index is 12.1. The number of alkyl halides is 2. The summed E-state index contributed by atoms with van der Waals surface area (Å²) in [5, 5.41) is 3.36. The predicted octanol–water partition coefficient (Wildman–Crippen LogP) is 2.45. The van der Waals surface area contributed by atoms with Gasteiger partial charge in [-0.2, -0.15) is 8.78 Å². The molecule has 3 rings (SSSR count). The smallest absolute Gasteiger partial charge is 0.388 e. The van der Waals surface area contributed by atoms with Crippen LogP contribution in [0.15, 0.2) is 18.3 Å². The lowest BCUT2D eigenvalue weighted by atomic mass is 9.92. The number of aromatic nitrogens is 1. The molecule has 1 spiro atoms. The molecule has 1 saturated carbocycles. The Hall–Kier alpha value is -1.43. The van der Waals surface area contributed by atoms with Gasteiger partial charge in [0, 0.05) is 12.3 Å². The Morgan fingerprint density at radius 1 is 1.40 bits per heavy atom. The summed E-state index contributed by atoms with van der Waals surface area (Å²) in [6, 6.07) is 3.07. The van der Waals surface area contributed by atoms with E-state index in [2.05, 4.69) is 15.0 Å². The Labute approximate surface area is 116 Å². The molecule has 6 heteroatoms. The molecule has 4 nitrogen and oxygen atoms in total. The maximum absolute atomic E-state index is 12.1. The SMILES string of the molecule is FC(F)Oc1cc(OCC2CC23CCNCC3)ccn1. The second-order valence-electron chi connectivity index (χ2n) is 5.53. The van der Waals surface area contributed by atoms with Crippen molar-refractivity contribution in [2.75, 3.05) is 19.7 Å². The lowest BCUT2D eigenvalue weighted by Gasteiger charge is -2.23. The van der Waals surface area contributed by atoms with E-state index in [4.69, 9.17) is 4.74 Å². The number of halogens is 2. The van der Waals surface area contributed by atoms with Gasteiger partial charge in [0.2, 0.25) is 5.88 Å². The molecule has 1 N–H and O–H groups in total. The molecule has 0 radical (unpaired) electrons. The summed E-state index contributed by atoms with van der Waals surface area (Å²) in [4.78, 5) is 3.72. The Morgan fingerprint density at radius 3 is 2.95 bits per heavy atom. The molecule has 110 valence electrons. The van der Waals surface area contributed by atoms with Gasteiger partial charge in [-0.05, 0) is 49.8 Å². The van der Waals surface area contributed by atoms with Crippen LogP contribution in [-0.2, 0) is 0 Å². The van der Waals surface area contributed by atoms with E-state index in [1.807, 2.05) is 0 Å². The van der Waals surface area contributed by atoms with Crippen LogP contribution in [0.3, 0.4) is 0 Å². The molecule has 1 atom stereocenters. The number of pyridine rings is 1. The largest absolute Gasteiger partial charge is 0.493 e. The molecule has 1 unspecified atom stereocenters. The zero-order valence-corrected chi connectivity index (χ0v) is 11.1. The first kappa shape index (κ1) is 13.5. The highest BCUT2D eigenvalue weighted by molar-refractivity contribution is 5.26. The van der Waals surface area contributed by atoms with Crippen molar-refractivity contribution < 1.29 is 18.3 Å². The van der Waals surface area contributed by atoms with Gasteiger partial charge >= 0.3 is 6.61 Å². The third kappa shape index (κ3) is 3.00. The number of ether oxygens (including phenoxy) is 2. The van der Waals surface area contributed by atoms with E-state index in [9.17, 15) is 8.78 Å². The molecule has 2 heterocycles. The zero-order chi connectivity index (χ0) is 14.0. The zero-order valence-electron chi connectivity index (χ0n) is 11.1. The molecule has 0 amide bonds. The van der Waals surface area contributed by atoms with Gasteiger partial charge < -0.3 is 14.8 Å². The van der Waals surface area contributed by atoms with Gasteiger partial charge in [-0.25, -0.2) is 4.98 Å². The topological polar surface area (TPSA) is 43.4 Å². The average Bonchev–Trinajstić information content (AvgIpc) is 3.09. The average molecular weight is 284 g/mol. The van der Waals surface area contributed by atoms with Crippen LogP contribution in [0.5, 0.6) is 11.6 Å². The summed E-state index contributed by atoms with van der Waals surface area (Å²) in [6.45, 7) is -0.0619. The first-order valence-corrected chi connectivity index (χ1v) is 6.92. The van der Waals surface area contributed by atoms with E-state index in [1.54, 1.807) is 6.07 Å². The van der Waals surface area contributed by atoms with E-state index < -0.39 is 6.61 Å². The van der Waals surface area contributed by atoms with Crippen LogP contribution in [0.1, 0.15) is 19.3 Å². The molecular weight excluding hydrogens is 266 g/mol. The standard InChI is InChI=1S/C14H18F2N2O2/c15-13(16)20-12-7-11(1-4-18-12)19-9-10-8-14(10)2-5-17-6-3-14/h1,4,7,10,13,17H,2-3,5-6,8-9H2. The summed E-state index contributed by atoms with van der Waals surface area (Å²) >= 11 is 0. The first-order chi connectivity index (χ1) is 9.68. The van der Waals surface area contributed by atoms with Crippen molar-refractivity contribution in [1.29, 1.82) is 0 Å². The first-order valence-electron chi connectivity index (χ1n) is 6.92. The molecule has 20 heavy (non-hydrogen) atoms. The van der Waals surface area contributed by atoms with Gasteiger partial charge in [0.15, 0.2) is 0 Å². The lowest BCUT2D eigenvalue weighted by molar-refractivity contribution is -0.0529. The minimum atomic E-state index is -2.86. The normalized spacial score (nSPS) is 23.9. The molecule has 1 saturated heterocycles. The van der Waals surface area contributed by atoms with Gasteiger partial charge in [-0.3, -0.25) is 0 Å². The minimum Gasteiger partial charge on any atom is -0.493 e. The molecule has 1 aliphatic heterocycles. The highest BCUT2D eigenvalue weighted by atomic mass is 19.3. The van der Waals surface area contributed by atoms with Crippen LogP contribution in [0.25, 0.3) is 0 Å². The fourth-order valence-electron chi connectivity index (χ4n) is 3.04. The van der Waals surface area contributed by atoms with Gasteiger partial charge in [-0.1, -0.05) is 0 Å². The van der Waals surface area contributed by atoms with E-state index in [0.717, 1.165) is 13.1 Å². The fourth-order valence-corrected chi connectivity index (χ4v) is 3.04. The summed E-state index contributed by atoms with van der Waals surface area (Å²) in [5.74, 6) is 1.01. The highest BCUT2D eigenvalue weighted by Crippen LogP contribution is 2.58. The monoisotopic (exact) mass is 284 g/mol. The van der Waals surface area contributed by atoms with Crippen LogP contribution in [0.4, 0.5) is 8.78 Å². The second kappa shape index (κ2) is 5.52. The molecular formula is C14H18F2N2O2. The van der Waals surface area contributed by atoms with Crippen molar-refractivity contribution in [2.45, 2.75) is 25.9 Å². The Bertz CT molecular complexity index is 464. The second-order valence-corrected chi connectivity index (χ2v) is 5.53. The molecule has 2 fully saturated rings. The highest BCUT2D eigenvalue weighted by Gasteiger charge is 2.53. The van der Waals surface area contributed by atoms with E-state index in [1.165, 1.54) is 31.5 Å². The van der Waals surface area contributed by atoms with Crippen molar-refractivity contribution in [3.8, 4) is 11.6 Å². The molecule has 1 aromatic heterocycles. The quantitative estimate of drug-likeness (QED) is 0.902. The van der Waals surface area contributed by atoms with Gasteiger partial charge in [0.25, 0.3) is 0 Å². The Balaban J connectivity index is 1.51. The van der Waals surface area contributed by atoms with Crippen LogP contribution in [0.2, 0.25) is 0 Å².